The zero-order valence-electron chi connectivity index (χ0n) is 15.9. The van der Waals surface area contributed by atoms with Crippen LogP contribution in [0.4, 0.5) is 0 Å². The summed E-state index contributed by atoms with van der Waals surface area (Å²) in [5, 5.41) is 3.88. The maximum Gasteiger partial charge on any atom is 0.223 e. The molecular formula is C22H26BrClN2OS. The molecule has 6 heteroatoms. The zero-order valence-corrected chi connectivity index (χ0v) is 19.0. The molecule has 0 unspecified atom stereocenters. The smallest absolute Gasteiger partial charge is 0.223 e. The van der Waals surface area contributed by atoms with E-state index in [2.05, 4.69) is 62.5 Å². The van der Waals surface area contributed by atoms with Crippen molar-refractivity contribution in [2.75, 3.05) is 25.4 Å². The fraction of sp³-hybridized carbons (Fsp3) is 0.409. The topological polar surface area (TPSA) is 32.3 Å². The average molecular weight is 482 g/mol. The molecule has 3 nitrogen and oxygen atoms in total. The van der Waals surface area contributed by atoms with Crippen LogP contribution in [0.15, 0.2) is 53.0 Å². The van der Waals surface area contributed by atoms with Crippen molar-refractivity contribution in [2.24, 2.45) is 5.92 Å². The Morgan fingerprint density at radius 2 is 1.71 bits per heavy atom. The molecule has 1 amide bonds. The lowest BCUT2D eigenvalue weighted by Crippen LogP contribution is -2.40. The van der Waals surface area contributed by atoms with Crippen molar-refractivity contribution in [1.29, 1.82) is 0 Å². The van der Waals surface area contributed by atoms with Crippen molar-refractivity contribution in [1.82, 2.24) is 10.2 Å². The lowest BCUT2D eigenvalue weighted by Gasteiger charge is -2.31. The van der Waals surface area contributed by atoms with Crippen LogP contribution in [-0.2, 0) is 17.1 Å². The Kier molecular flexibility index (Phi) is 8.71. The highest BCUT2D eigenvalue weighted by molar-refractivity contribution is 9.10. The van der Waals surface area contributed by atoms with Gasteiger partial charge in [0.1, 0.15) is 0 Å². The highest BCUT2D eigenvalue weighted by atomic mass is 79.9. The van der Waals surface area contributed by atoms with Crippen LogP contribution in [0.3, 0.4) is 0 Å². The van der Waals surface area contributed by atoms with E-state index in [0.29, 0.717) is 0 Å². The molecule has 2 aromatic carbocycles. The molecule has 1 heterocycles. The predicted octanol–water partition coefficient (Wildman–Crippen LogP) is 5.36. The number of benzene rings is 2. The van der Waals surface area contributed by atoms with E-state index in [1.54, 1.807) is 0 Å². The number of nitrogens with zero attached hydrogens (tertiary/aromatic N) is 1. The highest BCUT2D eigenvalue weighted by Crippen LogP contribution is 2.20. The summed E-state index contributed by atoms with van der Waals surface area (Å²) < 4.78 is 1.11. The summed E-state index contributed by atoms with van der Waals surface area (Å²) in [6, 6.07) is 16.4. The normalized spacial score (nSPS) is 15.5. The van der Waals surface area contributed by atoms with Gasteiger partial charge in [-0.25, -0.2) is 0 Å². The van der Waals surface area contributed by atoms with Crippen LogP contribution < -0.4 is 5.32 Å². The number of likely N-dealkylation sites (tertiary alicyclic amines) is 1. The molecule has 3 rings (SSSR count). The predicted molar refractivity (Wildman–Crippen MR) is 123 cm³/mol. The molecule has 1 saturated heterocycles. The summed E-state index contributed by atoms with van der Waals surface area (Å²) in [6.45, 7) is 3.66. The molecular weight excluding hydrogens is 456 g/mol. The van der Waals surface area contributed by atoms with Crippen LogP contribution in [-0.4, -0.2) is 36.2 Å². The van der Waals surface area contributed by atoms with Gasteiger partial charge in [-0.1, -0.05) is 51.8 Å². The first-order chi connectivity index (χ1) is 13.6. The van der Waals surface area contributed by atoms with E-state index in [4.69, 9.17) is 11.6 Å². The summed E-state index contributed by atoms with van der Waals surface area (Å²) in [6.07, 6.45) is 1.89. The quantitative estimate of drug-likeness (QED) is 0.515. The van der Waals surface area contributed by atoms with Gasteiger partial charge in [-0.05, 0) is 61.3 Å². The van der Waals surface area contributed by atoms with E-state index < -0.39 is 0 Å². The van der Waals surface area contributed by atoms with Crippen molar-refractivity contribution in [3.63, 3.8) is 0 Å². The van der Waals surface area contributed by atoms with Gasteiger partial charge in [0.25, 0.3) is 0 Å². The first-order valence-electron chi connectivity index (χ1n) is 9.67. The minimum Gasteiger partial charge on any atom is -0.355 e. The fourth-order valence-electron chi connectivity index (χ4n) is 3.36. The molecule has 2 aromatic rings. The van der Waals surface area contributed by atoms with Gasteiger partial charge >= 0.3 is 0 Å². The van der Waals surface area contributed by atoms with Crippen LogP contribution in [0.5, 0.6) is 0 Å². The minimum absolute atomic E-state index is 0.155. The second-order valence-corrected chi connectivity index (χ2v) is 9.60. The Morgan fingerprint density at radius 1 is 1.07 bits per heavy atom. The lowest BCUT2D eigenvalue weighted by atomic mass is 9.95. The Bertz CT molecular complexity index is 746. The van der Waals surface area contributed by atoms with Crippen LogP contribution in [0.2, 0.25) is 5.02 Å². The van der Waals surface area contributed by atoms with E-state index >= 15 is 0 Å². The van der Waals surface area contributed by atoms with Gasteiger partial charge in [-0.15, -0.1) is 0 Å². The largest absolute Gasteiger partial charge is 0.355 e. The number of carbonyl (C=O) groups excluding carboxylic acids is 1. The third kappa shape index (κ3) is 7.11. The molecule has 0 radical (unpaired) electrons. The molecule has 1 aliphatic heterocycles. The van der Waals surface area contributed by atoms with E-state index in [-0.39, 0.29) is 11.8 Å². The number of rotatable bonds is 8. The number of piperidine rings is 1. The summed E-state index contributed by atoms with van der Waals surface area (Å²) in [5.41, 5.74) is 2.59. The summed E-state index contributed by atoms with van der Waals surface area (Å²) in [4.78, 5) is 14.9. The van der Waals surface area contributed by atoms with Crippen molar-refractivity contribution in [3.05, 3.63) is 69.2 Å². The monoisotopic (exact) mass is 480 g/mol. The van der Waals surface area contributed by atoms with Gasteiger partial charge in [0.2, 0.25) is 5.91 Å². The number of amides is 1. The molecule has 150 valence electrons. The van der Waals surface area contributed by atoms with Gasteiger partial charge < -0.3 is 5.32 Å². The number of hydrogen-bond donors (Lipinski definition) is 1. The Hall–Kier alpha value is -1.01. The van der Waals surface area contributed by atoms with E-state index in [1.807, 2.05) is 23.9 Å². The van der Waals surface area contributed by atoms with Crippen LogP contribution >= 0.6 is 39.3 Å². The third-order valence-electron chi connectivity index (χ3n) is 5.01. The summed E-state index contributed by atoms with van der Waals surface area (Å²) in [7, 11) is 0. The van der Waals surface area contributed by atoms with Crippen molar-refractivity contribution >= 4 is 45.2 Å². The Labute approximate surface area is 185 Å². The van der Waals surface area contributed by atoms with E-state index in [9.17, 15) is 4.79 Å². The first-order valence-corrected chi connectivity index (χ1v) is 12.0. The van der Waals surface area contributed by atoms with Crippen LogP contribution in [0, 0.1) is 5.92 Å². The molecule has 0 aliphatic carbocycles. The highest BCUT2D eigenvalue weighted by Gasteiger charge is 2.24. The summed E-state index contributed by atoms with van der Waals surface area (Å²) in [5.74, 6) is 2.25. The second-order valence-electron chi connectivity index (χ2n) is 7.15. The molecule has 0 atom stereocenters. The second kappa shape index (κ2) is 11.2. The van der Waals surface area contributed by atoms with E-state index in [0.717, 1.165) is 60.0 Å². The van der Waals surface area contributed by atoms with Crippen molar-refractivity contribution < 1.29 is 4.79 Å². The van der Waals surface area contributed by atoms with Crippen LogP contribution in [0.1, 0.15) is 24.0 Å². The number of carbonyl (C=O) groups is 1. The first kappa shape index (κ1) is 21.7. The molecule has 0 aromatic heterocycles. The average Bonchev–Trinajstić information content (AvgIpc) is 2.71. The van der Waals surface area contributed by atoms with Gasteiger partial charge in [0.05, 0.1) is 0 Å². The number of halogens is 2. The van der Waals surface area contributed by atoms with Gasteiger partial charge in [-0.3, -0.25) is 9.69 Å². The zero-order chi connectivity index (χ0) is 19.8. The van der Waals surface area contributed by atoms with Crippen molar-refractivity contribution in [3.8, 4) is 0 Å². The molecule has 1 fully saturated rings. The van der Waals surface area contributed by atoms with Crippen LogP contribution in [0.25, 0.3) is 0 Å². The molecule has 0 saturated carbocycles. The maximum atomic E-state index is 12.4. The molecule has 28 heavy (non-hydrogen) atoms. The van der Waals surface area contributed by atoms with Gasteiger partial charge in [-0.2, -0.15) is 11.8 Å². The summed E-state index contributed by atoms with van der Waals surface area (Å²) >= 11 is 11.2. The molecule has 0 spiro atoms. The fourth-order valence-corrected chi connectivity index (χ4v) is 4.57. The molecule has 1 N–H and O–H groups in total. The molecule has 1 aliphatic rings. The Morgan fingerprint density at radius 3 is 2.39 bits per heavy atom. The van der Waals surface area contributed by atoms with Gasteiger partial charge in [0, 0.05) is 40.0 Å². The third-order valence-corrected chi connectivity index (χ3v) is 6.82. The van der Waals surface area contributed by atoms with E-state index in [1.165, 1.54) is 11.1 Å². The van der Waals surface area contributed by atoms with Crippen molar-refractivity contribution in [2.45, 2.75) is 25.1 Å². The Balaban J connectivity index is 1.29. The molecule has 0 bridgehead atoms. The maximum absolute atomic E-state index is 12.4. The minimum atomic E-state index is 0.155. The SMILES string of the molecule is O=C(NCCSCc1ccc(Cl)cc1)C1CCN(Cc2ccc(Br)cc2)CC1. The van der Waals surface area contributed by atoms with Gasteiger partial charge in [0.15, 0.2) is 0 Å². The lowest BCUT2D eigenvalue weighted by molar-refractivity contribution is -0.126. The number of hydrogen-bond acceptors (Lipinski definition) is 3. The number of thioether (sulfide) groups is 1. The standard InChI is InChI=1S/C22H26BrClN2OS/c23-20-5-1-17(2-6-20)15-26-12-9-19(10-13-26)22(27)25-11-14-28-16-18-3-7-21(24)8-4-18/h1-8,19H,9-16H2,(H,25,27). The number of nitrogens with one attached hydrogen (secondary N) is 1.